The van der Waals surface area contributed by atoms with E-state index < -0.39 is 0 Å². The lowest BCUT2D eigenvalue weighted by molar-refractivity contribution is 0.0507. The SMILES string of the molecule is CC(C)c1nn(-c2ccccc2)c(N(C)C)c1CN(C[C@H]1CCCO1)C(=O)c1ccccc1. The zero-order valence-electron chi connectivity index (χ0n) is 20.1. The van der Waals surface area contributed by atoms with Gasteiger partial charge in [-0.1, -0.05) is 50.2 Å². The van der Waals surface area contributed by atoms with E-state index >= 15 is 0 Å². The summed E-state index contributed by atoms with van der Waals surface area (Å²) in [7, 11) is 4.07. The lowest BCUT2D eigenvalue weighted by Crippen LogP contribution is -2.37. The Balaban J connectivity index is 1.77. The Morgan fingerprint density at radius 3 is 2.33 bits per heavy atom. The zero-order chi connectivity index (χ0) is 23.4. The molecule has 0 bridgehead atoms. The molecule has 1 saturated heterocycles. The van der Waals surface area contributed by atoms with Gasteiger partial charge in [0.05, 0.1) is 24.0 Å². The second-order valence-electron chi connectivity index (χ2n) is 9.17. The van der Waals surface area contributed by atoms with Gasteiger partial charge in [-0.3, -0.25) is 4.79 Å². The molecule has 1 aliphatic heterocycles. The molecule has 174 valence electrons. The average Bonchev–Trinajstić information content (AvgIpc) is 3.47. The Morgan fingerprint density at radius 1 is 1.09 bits per heavy atom. The van der Waals surface area contributed by atoms with Crippen LogP contribution in [0.15, 0.2) is 60.7 Å². The second-order valence-corrected chi connectivity index (χ2v) is 9.17. The van der Waals surface area contributed by atoms with Gasteiger partial charge in [-0.05, 0) is 43.0 Å². The fourth-order valence-corrected chi connectivity index (χ4v) is 4.49. The van der Waals surface area contributed by atoms with Crippen molar-refractivity contribution in [2.24, 2.45) is 0 Å². The van der Waals surface area contributed by atoms with Gasteiger partial charge in [0.1, 0.15) is 5.82 Å². The van der Waals surface area contributed by atoms with E-state index in [-0.39, 0.29) is 17.9 Å². The second kappa shape index (κ2) is 10.2. The van der Waals surface area contributed by atoms with Gasteiger partial charge in [0.15, 0.2) is 0 Å². The molecule has 6 nitrogen and oxygen atoms in total. The van der Waals surface area contributed by atoms with Crippen LogP contribution in [0.25, 0.3) is 5.69 Å². The molecule has 33 heavy (non-hydrogen) atoms. The van der Waals surface area contributed by atoms with Crippen LogP contribution in [-0.4, -0.2) is 53.9 Å². The van der Waals surface area contributed by atoms with Gasteiger partial charge in [0.2, 0.25) is 0 Å². The van der Waals surface area contributed by atoms with Gasteiger partial charge in [0, 0.05) is 38.4 Å². The van der Waals surface area contributed by atoms with E-state index in [1.165, 1.54) is 0 Å². The Kier molecular flexibility index (Phi) is 7.14. The summed E-state index contributed by atoms with van der Waals surface area (Å²) in [6, 6.07) is 19.7. The third-order valence-electron chi connectivity index (χ3n) is 6.06. The normalized spacial score (nSPS) is 15.7. The largest absolute Gasteiger partial charge is 0.376 e. The minimum absolute atomic E-state index is 0.0259. The maximum Gasteiger partial charge on any atom is 0.254 e. The number of hydrogen-bond acceptors (Lipinski definition) is 4. The number of hydrogen-bond donors (Lipinski definition) is 0. The van der Waals surface area contributed by atoms with E-state index in [4.69, 9.17) is 9.84 Å². The summed E-state index contributed by atoms with van der Waals surface area (Å²) in [5, 5.41) is 5.02. The molecular formula is C27H34N4O2. The third-order valence-corrected chi connectivity index (χ3v) is 6.06. The van der Waals surface area contributed by atoms with Crippen LogP contribution in [0, 0.1) is 0 Å². The summed E-state index contributed by atoms with van der Waals surface area (Å²) in [6.07, 6.45) is 2.11. The lowest BCUT2D eigenvalue weighted by atomic mass is 10.0. The van der Waals surface area contributed by atoms with E-state index in [2.05, 4.69) is 30.9 Å². The van der Waals surface area contributed by atoms with E-state index in [0.717, 1.165) is 42.2 Å². The molecule has 6 heteroatoms. The van der Waals surface area contributed by atoms with E-state index in [1.807, 2.05) is 72.2 Å². The van der Waals surface area contributed by atoms with Gasteiger partial charge in [-0.2, -0.15) is 5.10 Å². The fraction of sp³-hybridized carbons (Fsp3) is 0.407. The molecule has 0 N–H and O–H groups in total. The minimum atomic E-state index is 0.0259. The van der Waals surface area contributed by atoms with Gasteiger partial charge in [-0.25, -0.2) is 4.68 Å². The van der Waals surface area contributed by atoms with Crippen LogP contribution >= 0.6 is 0 Å². The van der Waals surface area contributed by atoms with Crippen LogP contribution in [-0.2, 0) is 11.3 Å². The average molecular weight is 447 g/mol. The zero-order valence-corrected chi connectivity index (χ0v) is 20.1. The molecule has 1 aliphatic rings. The van der Waals surface area contributed by atoms with Crippen molar-refractivity contribution < 1.29 is 9.53 Å². The van der Waals surface area contributed by atoms with Crippen LogP contribution in [0.3, 0.4) is 0 Å². The van der Waals surface area contributed by atoms with Crippen molar-refractivity contribution >= 4 is 11.7 Å². The Labute approximate surface area is 196 Å². The minimum Gasteiger partial charge on any atom is -0.376 e. The number of ether oxygens (including phenoxy) is 1. The van der Waals surface area contributed by atoms with E-state index in [0.29, 0.717) is 18.7 Å². The molecular weight excluding hydrogens is 412 g/mol. The van der Waals surface area contributed by atoms with Gasteiger partial charge >= 0.3 is 0 Å². The molecule has 0 unspecified atom stereocenters. The highest BCUT2D eigenvalue weighted by Crippen LogP contribution is 2.32. The highest BCUT2D eigenvalue weighted by Gasteiger charge is 2.29. The smallest absolute Gasteiger partial charge is 0.254 e. The monoisotopic (exact) mass is 446 g/mol. The first-order valence-electron chi connectivity index (χ1n) is 11.8. The number of nitrogens with zero attached hydrogens (tertiary/aromatic N) is 4. The number of carbonyl (C=O) groups is 1. The molecule has 2 heterocycles. The predicted octanol–water partition coefficient (Wildman–Crippen LogP) is 4.88. The molecule has 0 spiro atoms. The number of rotatable bonds is 8. The van der Waals surface area contributed by atoms with Crippen molar-refractivity contribution in [2.45, 2.75) is 45.3 Å². The summed E-state index contributed by atoms with van der Waals surface area (Å²) in [5.74, 6) is 1.25. The topological polar surface area (TPSA) is 50.6 Å². The Morgan fingerprint density at radius 2 is 1.76 bits per heavy atom. The number of carbonyl (C=O) groups excluding carboxylic acids is 1. The van der Waals surface area contributed by atoms with Crippen molar-refractivity contribution in [3.63, 3.8) is 0 Å². The fourth-order valence-electron chi connectivity index (χ4n) is 4.49. The molecule has 1 amide bonds. The van der Waals surface area contributed by atoms with Crippen molar-refractivity contribution in [1.82, 2.24) is 14.7 Å². The van der Waals surface area contributed by atoms with Crippen molar-refractivity contribution in [3.8, 4) is 5.69 Å². The summed E-state index contributed by atoms with van der Waals surface area (Å²) in [5.41, 5.74) is 3.81. The number of benzene rings is 2. The molecule has 1 atom stereocenters. The Hall–Kier alpha value is -3.12. The van der Waals surface area contributed by atoms with Gasteiger partial charge in [0.25, 0.3) is 5.91 Å². The predicted molar refractivity (Wildman–Crippen MR) is 132 cm³/mol. The van der Waals surface area contributed by atoms with Crippen molar-refractivity contribution in [2.75, 3.05) is 32.1 Å². The van der Waals surface area contributed by atoms with Gasteiger partial charge in [-0.15, -0.1) is 0 Å². The van der Waals surface area contributed by atoms with Crippen molar-refractivity contribution in [3.05, 3.63) is 77.5 Å². The van der Waals surface area contributed by atoms with E-state index in [9.17, 15) is 4.79 Å². The maximum atomic E-state index is 13.6. The highest BCUT2D eigenvalue weighted by atomic mass is 16.5. The molecule has 1 aromatic heterocycles. The van der Waals surface area contributed by atoms with Crippen molar-refractivity contribution in [1.29, 1.82) is 0 Å². The highest BCUT2D eigenvalue weighted by molar-refractivity contribution is 5.94. The lowest BCUT2D eigenvalue weighted by Gasteiger charge is -2.27. The van der Waals surface area contributed by atoms with Crippen LogP contribution in [0.1, 0.15) is 54.2 Å². The summed E-state index contributed by atoms with van der Waals surface area (Å²) < 4.78 is 7.91. The number of amides is 1. The maximum absolute atomic E-state index is 13.6. The molecule has 3 aromatic rings. The van der Waals surface area contributed by atoms with Crippen LogP contribution in [0.4, 0.5) is 5.82 Å². The number of para-hydroxylation sites is 1. The molecule has 0 aliphatic carbocycles. The summed E-state index contributed by atoms with van der Waals surface area (Å²) >= 11 is 0. The van der Waals surface area contributed by atoms with Crippen LogP contribution < -0.4 is 4.90 Å². The first-order chi connectivity index (χ1) is 16.0. The number of anilines is 1. The van der Waals surface area contributed by atoms with Crippen LogP contribution in [0.2, 0.25) is 0 Å². The molecule has 1 fully saturated rings. The Bertz CT molecular complexity index is 1050. The first-order valence-corrected chi connectivity index (χ1v) is 11.8. The first kappa shape index (κ1) is 23.1. The third kappa shape index (κ3) is 5.11. The standard InChI is InChI=1S/C27H34N4O2/c1-20(2)25-24(26(29(3)4)31(28-25)22-14-9-6-10-15-22)19-30(18-23-16-11-17-33-23)27(32)21-12-7-5-8-13-21/h5-10,12-15,20,23H,11,16-19H2,1-4H3/t23-/m1/s1. The summed E-state index contributed by atoms with van der Waals surface area (Å²) in [4.78, 5) is 17.6. The van der Waals surface area contributed by atoms with Gasteiger partial charge < -0.3 is 14.5 Å². The molecule has 0 saturated carbocycles. The van der Waals surface area contributed by atoms with E-state index in [1.54, 1.807) is 0 Å². The molecule has 2 aromatic carbocycles. The van der Waals surface area contributed by atoms with Crippen LogP contribution in [0.5, 0.6) is 0 Å². The molecule has 0 radical (unpaired) electrons. The summed E-state index contributed by atoms with van der Waals surface area (Å²) in [6.45, 7) is 6.15. The quantitative estimate of drug-likeness (QED) is 0.495. The number of aromatic nitrogens is 2. The molecule has 4 rings (SSSR count).